The molecule has 5 nitrogen and oxygen atoms in total. The molecule has 1 aromatic carbocycles. The maximum absolute atomic E-state index is 12.9. The highest BCUT2D eigenvalue weighted by Crippen LogP contribution is 2.33. The fraction of sp³-hybridized carbons (Fsp3) is 0.381. The molecule has 1 aliphatic heterocycles. The van der Waals surface area contributed by atoms with Gasteiger partial charge in [-0.25, -0.2) is 9.97 Å². The summed E-state index contributed by atoms with van der Waals surface area (Å²) in [6.07, 6.45) is -0.503. The van der Waals surface area contributed by atoms with Crippen LogP contribution in [0.5, 0.6) is 0 Å². The van der Waals surface area contributed by atoms with Crippen LogP contribution < -0.4 is 10.2 Å². The number of amides is 1. The van der Waals surface area contributed by atoms with Gasteiger partial charge in [-0.2, -0.15) is 13.2 Å². The first-order valence-electron chi connectivity index (χ1n) is 9.81. The highest BCUT2D eigenvalue weighted by molar-refractivity contribution is 7.18. The van der Waals surface area contributed by atoms with Crippen LogP contribution in [0, 0.1) is 5.92 Å². The van der Waals surface area contributed by atoms with Crippen LogP contribution in [0.1, 0.15) is 30.2 Å². The largest absolute Gasteiger partial charge is 0.416 e. The molecule has 1 aliphatic rings. The summed E-state index contributed by atoms with van der Waals surface area (Å²) < 4.78 is 38.8. The number of alkyl halides is 3. The van der Waals surface area contributed by atoms with Crippen molar-refractivity contribution in [2.45, 2.75) is 32.4 Å². The van der Waals surface area contributed by atoms with E-state index in [0.29, 0.717) is 13.0 Å². The number of anilines is 2. The van der Waals surface area contributed by atoms with Gasteiger partial charge in [0.05, 0.1) is 16.9 Å². The lowest BCUT2D eigenvalue weighted by atomic mass is 9.96. The number of carbonyl (C=O) groups is 1. The number of thiophene rings is 1. The van der Waals surface area contributed by atoms with Crippen molar-refractivity contribution in [1.29, 1.82) is 0 Å². The second kappa shape index (κ2) is 8.22. The number of carbonyl (C=O) groups excluding carboxylic acids is 1. The first-order chi connectivity index (χ1) is 14.3. The number of hydrogen-bond acceptors (Lipinski definition) is 5. The van der Waals surface area contributed by atoms with Crippen LogP contribution in [0.25, 0.3) is 10.2 Å². The fourth-order valence-electron chi connectivity index (χ4n) is 3.72. The maximum Gasteiger partial charge on any atom is 0.416 e. The molecule has 9 heteroatoms. The van der Waals surface area contributed by atoms with Gasteiger partial charge < -0.3 is 10.2 Å². The van der Waals surface area contributed by atoms with Crippen molar-refractivity contribution in [3.8, 4) is 0 Å². The Kier molecular flexibility index (Phi) is 5.64. The third kappa shape index (κ3) is 4.26. The Balaban J connectivity index is 1.51. The molecule has 0 radical (unpaired) electrons. The standard InChI is InChI=1S/C21H21F3N4OS/c1-2-16-10-17-18(25-12-26-20(17)30-16)28-8-4-5-13(11-28)19(29)27-15-7-3-6-14(9-15)21(22,23)24/h3,6-7,9-10,12-13H,2,4-5,8,11H2,1H3,(H,27,29)/t13-/m1/s1. The van der Waals surface area contributed by atoms with Crippen molar-refractivity contribution in [2.24, 2.45) is 5.92 Å². The quantitative estimate of drug-likeness (QED) is 0.619. The molecule has 0 saturated carbocycles. The first-order valence-corrected chi connectivity index (χ1v) is 10.6. The number of aromatic nitrogens is 2. The third-order valence-corrected chi connectivity index (χ3v) is 6.44. The molecule has 1 atom stereocenters. The molecule has 0 aliphatic carbocycles. The van der Waals surface area contributed by atoms with Gasteiger partial charge in [0.25, 0.3) is 0 Å². The summed E-state index contributed by atoms with van der Waals surface area (Å²) in [4.78, 5) is 25.8. The van der Waals surface area contributed by atoms with E-state index in [1.807, 2.05) is 0 Å². The smallest absolute Gasteiger partial charge is 0.355 e. The van der Waals surface area contributed by atoms with Gasteiger partial charge in [0.1, 0.15) is 17.0 Å². The molecule has 1 fully saturated rings. The molecular formula is C21H21F3N4OS. The summed E-state index contributed by atoms with van der Waals surface area (Å²) in [5.74, 6) is 0.207. The average Bonchev–Trinajstić information content (AvgIpc) is 3.17. The lowest BCUT2D eigenvalue weighted by Gasteiger charge is -2.33. The first kappa shape index (κ1) is 20.6. The monoisotopic (exact) mass is 434 g/mol. The molecule has 30 heavy (non-hydrogen) atoms. The Bertz CT molecular complexity index is 1070. The van der Waals surface area contributed by atoms with E-state index in [2.05, 4.69) is 33.2 Å². The predicted molar refractivity (Wildman–Crippen MR) is 112 cm³/mol. The van der Waals surface area contributed by atoms with E-state index < -0.39 is 11.7 Å². The van der Waals surface area contributed by atoms with Gasteiger partial charge in [-0.15, -0.1) is 11.3 Å². The summed E-state index contributed by atoms with van der Waals surface area (Å²) >= 11 is 1.64. The minimum atomic E-state index is -4.45. The van der Waals surface area contributed by atoms with Crippen LogP contribution in [-0.4, -0.2) is 29.0 Å². The average molecular weight is 434 g/mol. The summed E-state index contributed by atoms with van der Waals surface area (Å²) in [6.45, 7) is 3.33. The van der Waals surface area contributed by atoms with Crippen LogP contribution >= 0.6 is 11.3 Å². The summed E-state index contributed by atoms with van der Waals surface area (Å²) in [5, 5.41) is 3.63. The van der Waals surface area contributed by atoms with E-state index in [-0.39, 0.29) is 17.5 Å². The van der Waals surface area contributed by atoms with E-state index >= 15 is 0 Å². The molecule has 3 aromatic rings. The summed E-state index contributed by atoms with van der Waals surface area (Å²) in [6, 6.07) is 6.82. The number of halogens is 3. The van der Waals surface area contributed by atoms with Crippen molar-refractivity contribution < 1.29 is 18.0 Å². The molecular weight excluding hydrogens is 413 g/mol. The SMILES string of the molecule is CCc1cc2c(N3CCC[C@@H](C(=O)Nc4cccc(C(F)(F)F)c4)C3)ncnc2s1. The molecule has 0 unspecified atom stereocenters. The van der Waals surface area contributed by atoms with E-state index in [1.54, 1.807) is 17.7 Å². The number of hydrogen-bond donors (Lipinski definition) is 1. The van der Waals surface area contributed by atoms with Crippen molar-refractivity contribution in [3.63, 3.8) is 0 Å². The Labute approximate surface area is 175 Å². The molecule has 2 aromatic heterocycles. The zero-order valence-electron chi connectivity index (χ0n) is 16.4. The maximum atomic E-state index is 12.9. The number of fused-ring (bicyclic) bond motifs is 1. The van der Waals surface area contributed by atoms with Crippen LogP contribution in [0.15, 0.2) is 36.7 Å². The van der Waals surface area contributed by atoms with Gasteiger partial charge in [0.2, 0.25) is 5.91 Å². The summed E-state index contributed by atoms with van der Waals surface area (Å²) in [7, 11) is 0. The van der Waals surface area contributed by atoms with Gasteiger partial charge in [-0.05, 0) is 43.5 Å². The van der Waals surface area contributed by atoms with Crippen molar-refractivity contribution in [2.75, 3.05) is 23.3 Å². The van der Waals surface area contributed by atoms with Gasteiger partial charge >= 0.3 is 6.18 Å². The molecule has 3 heterocycles. The zero-order valence-corrected chi connectivity index (χ0v) is 17.2. The van der Waals surface area contributed by atoms with Crippen molar-refractivity contribution in [3.05, 3.63) is 47.1 Å². The molecule has 0 spiro atoms. The topological polar surface area (TPSA) is 58.1 Å². The minimum Gasteiger partial charge on any atom is -0.355 e. The van der Waals surface area contributed by atoms with E-state index in [1.165, 1.54) is 17.0 Å². The third-order valence-electron chi connectivity index (χ3n) is 5.26. The van der Waals surface area contributed by atoms with Gasteiger partial charge in [0, 0.05) is 23.7 Å². The summed E-state index contributed by atoms with van der Waals surface area (Å²) in [5.41, 5.74) is -0.625. The zero-order chi connectivity index (χ0) is 21.3. The Morgan fingerprint density at radius 2 is 2.13 bits per heavy atom. The van der Waals surface area contributed by atoms with Gasteiger partial charge in [-0.1, -0.05) is 13.0 Å². The number of aryl methyl sites for hydroxylation is 1. The lowest BCUT2D eigenvalue weighted by Crippen LogP contribution is -2.41. The number of nitrogens with zero attached hydrogens (tertiary/aromatic N) is 3. The van der Waals surface area contributed by atoms with Crippen LogP contribution in [-0.2, 0) is 17.4 Å². The van der Waals surface area contributed by atoms with E-state index in [0.717, 1.165) is 47.6 Å². The van der Waals surface area contributed by atoms with Gasteiger partial charge in [-0.3, -0.25) is 4.79 Å². The Morgan fingerprint density at radius 3 is 2.90 bits per heavy atom. The molecule has 1 saturated heterocycles. The number of benzene rings is 1. The Morgan fingerprint density at radius 1 is 1.30 bits per heavy atom. The fourth-order valence-corrected chi connectivity index (χ4v) is 4.65. The predicted octanol–water partition coefficient (Wildman–Crippen LogP) is 5.13. The van der Waals surface area contributed by atoms with Crippen LogP contribution in [0.2, 0.25) is 0 Å². The molecule has 1 amide bonds. The van der Waals surface area contributed by atoms with E-state index in [9.17, 15) is 18.0 Å². The normalized spacial score (nSPS) is 17.3. The number of nitrogens with one attached hydrogen (secondary N) is 1. The minimum absolute atomic E-state index is 0.154. The van der Waals surface area contributed by atoms with Crippen LogP contribution in [0.4, 0.5) is 24.7 Å². The van der Waals surface area contributed by atoms with Crippen molar-refractivity contribution in [1.82, 2.24) is 9.97 Å². The van der Waals surface area contributed by atoms with Gasteiger partial charge in [0.15, 0.2) is 0 Å². The van der Waals surface area contributed by atoms with Crippen LogP contribution in [0.3, 0.4) is 0 Å². The van der Waals surface area contributed by atoms with Crippen molar-refractivity contribution >= 4 is 39.0 Å². The Hall–Kier alpha value is -2.68. The highest BCUT2D eigenvalue weighted by Gasteiger charge is 2.31. The number of rotatable bonds is 4. The second-order valence-electron chi connectivity index (χ2n) is 7.34. The molecule has 1 N–H and O–H groups in total. The highest BCUT2D eigenvalue weighted by atomic mass is 32.1. The number of piperidine rings is 1. The van der Waals surface area contributed by atoms with E-state index in [4.69, 9.17) is 0 Å². The second-order valence-corrected chi connectivity index (χ2v) is 8.45. The lowest BCUT2D eigenvalue weighted by molar-refractivity contribution is -0.137. The molecule has 0 bridgehead atoms. The molecule has 4 rings (SSSR count). The molecule has 158 valence electrons.